The number of likely N-dealkylation sites (N-methyl/N-ethyl adjacent to an activating group) is 1. The Morgan fingerprint density at radius 2 is 2.11 bits per heavy atom. The summed E-state index contributed by atoms with van der Waals surface area (Å²) in [7, 11) is 4.23. The highest BCUT2D eigenvalue weighted by Gasteiger charge is 2.32. The Bertz CT molecular complexity index is 464. The number of Topliss-reactive ketones (excluding diaryl/α,β-unsaturated/α-hetero) is 1. The van der Waals surface area contributed by atoms with Crippen molar-refractivity contribution in [2.24, 2.45) is 5.92 Å². The second-order valence-electron chi connectivity index (χ2n) is 6.12. The average Bonchev–Trinajstić information content (AvgIpc) is 2.81. The second kappa shape index (κ2) is 5.47. The molecule has 0 spiro atoms. The topological polar surface area (TPSA) is 39.3 Å². The van der Waals surface area contributed by atoms with Crippen LogP contribution in [0.4, 0.5) is 0 Å². The monoisotopic (exact) mass is 263 g/mol. The highest BCUT2D eigenvalue weighted by atomic mass is 16.1. The van der Waals surface area contributed by atoms with Crippen molar-refractivity contribution < 1.29 is 4.79 Å². The van der Waals surface area contributed by atoms with Crippen molar-refractivity contribution in [3.05, 3.63) is 23.0 Å². The largest absolute Gasteiger partial charge is 0.362 e. The summed E-state index contributed by atoms with van der Waals surface area (Å²) in [5.41, 5.74) is 2.89. The molecule has 1 fully saturated rings. The third kappa shape index (κ3) is 3.07. The van der Waals surface area contributed by atoms with E-state index in [-0.39, 0.29) is 5.78 Å². The van der Waals surface area contributed by atoms with Gasteiger partial charge in [-0.25, -0.2) is 0 Å². The van der Waals surface area contributed by atoms with Gasteiger partial charge in [-0.2, -0.15) is 0 Å². The number of aryl methyl sites for hydroxylation is 2. The van der Waals surface area contributed by atoms with Crippen molar-refractivity contribution in [3.8, 4) is 0 Å². The molecule has 2 heterocycles. The maximum absolute atomic E-state index is 12.3. The molecule has 1 aromatic rings. The Balaban J connectivity index is 1.99. The molecular formula is C15H25N3O. The number of hydrogen-bond donors (Lipinski definition) is 1. The lowest BCUT2D eigenvalue weighted by atomic mass is 10.1. The highest BCUT2D eigenvalue weighted by Crippen LogP contribution is 2.20. The lowest BCUT2D eigenvalue weighted by Crippen LogP contribution is -2.35. The van der Waals surface area contributed by atoms with E-state index in [4.69, 9.17) is 0 Å². The number of rotatable bonds is 4. The van der Waals surface area contributed by atoms with Gasteiger partial charge in [0.1, 0.15) is 0 Å². The van der Waals surface area contributed by atoms with Crippen LogP contribution in [0.2, 0.25) is 0 Å². The molecule has 19 heavy (non-hydrogen) atoms. The van der Waals surface area contributed by atoms with Gasteiger partial charge in [-0.15, -0.1) is 0 Å². The first-order chi connectivity index (χ1) is 8.88. The predicted molar refractivity (Wildman–Crippen MR) is 77.7 cm³/mol. The van der Waals surface area contributed by atoms with Crippen molar-refractivity contribution in [3.63, 3.8) is 0 Å². The Labute approximate surface area is 115 Å². The van der Waals surface area contributed by atoms with Gasteiger partial charge in [0.15, 0.2) is 5.78 Å². The summed E-state index contributed by atoms with van der Waals surface area (Å²) in [5.74, 6) is 0.852. The number of nitrogens with one attached hydrogen (secondary N) is 1. The third-order valence-electron chi connectivity index (χ3n) is 4.13. The van der Waals surface area contributed by atoms with E-state index in [0.29, 0.717) is 18.5 Å². The number of H-pyrrole nitrogens is 1. The number of aromatic nitrogens is 1. The van der Waals surface area contributed by atoms with Crippen LogP contribution in [0.25, 0.3) is 0 Å². The van der Waals surface area contributed by atoms with Crippen LogP contribution in [0.1, 0.15) is 28.7 Å². The Morgan fingerprint density at radius 3 is 2.58 bits per heavy atom. The Morgan fingerprint density at radius 1 is 1.42 bits per heavy atom. The van der Waals surface area contributed by atoms with Crippen molar-refractivity contribution in [2.45, 2.75) is 26.8 Å². The lowest BCUT2D eigenvalue weighted by molar-refractivity contribution is 0.0940. The smallest absolute Gasteiger partial charge is 0.178 e. The molecule has 4 nitrogen and oxygen atoms in total. The molecule has 2 atom stereocenters. The van der Waals surface area contributed by atoms with Gasteiger partial charge in [-0.1, -0.05) is 6.92 Å². The minimum atomic E-state index is 0.230. The summed E-state index contributed by atoms with van der Waals surface area (Å²) in [6.45, 7) is 8.76. The van der Waals surface area contributed by atoms with Gasteiger partial charge in [0.05, 0.1) is 6.54 Å². The van der Waals surface area contributed by atoms with Crippen LogP contribution in [-0.2, 0) is 0 Å². The number of aromatic amines is 1. The summed E-state index contributed by atoms with van der Waals surface area (Å²) in [6, 6.07) is 2.52. The molecule has 2 unspecified atom stereocenters. The Kier molecular flexibility index (Phi) is 4.11. The van der Waals surface area contributed by atoms with Crippen molar-refractivity contribution >= 4 is 5.78 Å². The van der Waals surface area contributed by atoms with Crippen molar-refractivity contribution in [1.29, 1.82) is 0 Å². The fourth-order valence-corrected chi connectivity index (χ4v) is 3.15. The molecule has 1 aliphatic heterocycles. The highest BCUT2D eigenvalue weighted by molar-refractivity contribution is 5.98. The van der Waals surface area contributed by atoms with Gasteiger partial charge in [-0.3, -0.25) is 9.69 Å². The van der Waals surface area contributed by atoms with Crippen LogP contribution in [0, 0.1) is 19.8 Å². The van der Waals surface area contributed by atoms with Gasteiger partial charge in [-0.05, 0) is 39.9 Å². The molecule has 0 amide bonds. The molecule has 1 aromatic heterocycles. The van der Waals surface area contributed by atoms with Crippen LogP contribution in [0.15, 0.2) is 6.07 Å². The molecule has 106 valence electrons. The first-order valence-electron chi connectivity index (χ1n) is 6.96. The molecule has 0 aliphatic carbocycles. The standard InChI is InChI=1S/C15H25N3O/c1-10-7-18(8-14(10)17(4)5)9-15(19)13-6-11(2)16-12(13)3/h6,10,14,16H,7-9H2,1-5H3. The van der Waals surface area contributed by atoms with Crippen LogP contribution < -0.4 is 0 Å². The molecule has 1 N–H and O–H groups in total. The van der Waals surface area contributed by atoms with E-state index < -0.39 is 0 Å². The summed E-state index contributed by atoms with van der Waals surface area (Å²) in [6.07, 6.45) is 0. The molecule has 2 rings (SSSR count). The molecule has 0 radical (unpaired) electrons. The van der Waals surface area contributed by atoms with Crippen molar-refractivity contribution in [1.82, 2.24) is 14.8 Å². The van der Waals surface area contributed by atoms with E-state index in [1.807, 2.05) is 19.9 Å². The number of likely N-dealkylation sites (tertiary alicyclic amines) is 1. The number of ketones is 1. The van der Waals surface area contributed by atoms with Crippen molar-refractivity contribution in [2.75, 3.05) is 33.7 Å². The van der Waals surface area contributed by atoms with E-state index in [2.05, 4.69) is 35.8 Å². The van der Waals surface area contributed by atoms with Gasteiger partial charge >= 0.3 is 0 Å². The van der Waals surface area contributed by atoms with Crippen LogP contribution in [0.3, 0.4) is 0 Å². The molecule has 1 aliphatic rings. The zero-order valence-electron chi connectivity index (χ0n) is 12.7. The maximum atomic E-state index is 12.3. The number of nitrogens with zero attached hydrogens (tertiary/aromatic N) is 2. The molecule has 0 saturated carbocycles. The van der Waals surface area contributed by atoms with Crippen LogP contribution >= 0.6 is 0 Å². The number of carbonyl (C=O) groups is 1. The first-order valence-corrected chi connectivity index (χ1v) is 6.96. The average molecular weight is 263 g/mol. The van der Waals surface area contributed by atoms with E-state index >= 15 is 0 Å². The predicted octanol–water partition coefficient (Wildman–Crippen LogP) is 1.70. The third-order valence-corrected chi connectivity index (χ3v) is 4.13. The lowest BCUT2D eigenvalue weighted by Gasteiger charge is -2.22. The molecule has 1 saturated heterocycles. The van der Waals surface area contributed by atoms with Gasteiger partial charge in [0.2, 0.25) is 0 Å². The van der Waals surface area contributed by atoms with Gasteiger partial charge in [0.25, 0.3) is 0 Å². The minimum absolute atomic E-state index is 0.230. The fourth-order valence-electron chi connectivity index (χ4n) is 3.15. The van der Waals surface area contributed by atoms with Crippen LogP contribution in [-0.4, -0.2) is 60.3 Å². The molecule has 0 aromatic carbocycles. The summed E-state index contributed by atoms with van der Waals surface area (Å²) >= 11 is 0. The zero-order chi connectivity index (χ0) is 14.2. The van der Waals surface area contributed by atoms with E-state index in [0.717, 1.165) is 30.0 Å². The number of carbonyl (C=O) groups excluding carboxylic acids is 1. The molecule has 4 heteroatoms. The minimum Gasteiger partial charge on any atom is -0.362 e. The van der Waals surface area contributed by atoms with E-state index in [9.17, 15) is 4.79 Å². The number of hydrogen-bond acceptors (Lipinski definition) is 3. The fraction of sp³-hybridized carbons (Fsp3) is 0.667. The second-order valence-corrected chi connectivity index (χ2v) is 6.12. The Hall–Kier alpha value is -1.13. The normalized spacial score (nSPS) is 24.3. The summed E-state index contributed by atoms with van der Waals surface area (Å²) in [5, 5.41) is 0. The quantitative estimate of drug-likeness (QED) is 0.840. The van der Waals surface area contributed by atoms with Gasteiger partial charge in [0, 0.05) is 36.1 Å². The SMILES string of the molecule is Cc1cc(C(=O)CN2CC(C)C(N(C)C)C2)c(C)[nH]1. The van der Waals surface area contributed by atoms with E-state index in [1.165, 1.54) is 0 Å². The summed E-state index contributed by atoms with van der Waals surface area (Å²) in [4.78, 5) is 20.1. The molecule has 0 bridgehead atoms. The first kappa shape index (κ1) is 14.3. The summed E-state index contributed by atoms with van der Waals surface area (Å²) < 4.78 is 0. The maximum Gasteiger partial charge on any atom is 0.178 e. The molecular weight excluding hydrogens is 238 g/mol. The van der Waals surface area contributed by atoms with E-state index in [1.54, 1.807) is 0 Å². The van der Waals surface area contributed by atoms with Gasteiger partial charge < -0.3 is 9.88 Å². The zero-order valence-corrected chi connectivity index (χ0v) is 12.7. The van der Waals surface area contributed by atoms with Crippen LogP contribution in [0.5, 0.6) is 0 Å².